The Bertz CT molecular complexity index is 533. The van der Waals surface area contributed by atoms with Gasteiger partial charge < -0.3 is 5.11 Å². The van der Waals surface area contributed by atoms with Gasteiger partial charge in [0, 0.05) is 22.4 Å². The minimum absolute atomic E-state index is 0.0240. The Labute approximate surface area is 125 Å². The molecule has 0 radical (unpaired) electrons. The van der Waals surface area contributed by atoms with Crippen molar-refractivity contribution in [3.63, 3.8) is 0 Å². The summed E-state index contributed by atoms with van der Waals surface area (Å²) < 4.78 is 14.6. The molecule has 0 saturated heterocycles. The van der Waals surface area contributed by atoms with Crippen molar-refractivity contribution >= 4 is 27.7 Å². The van der Waals surface area contributed by atoms with Crippen LogP contribution in [0.2, 0.25) is 0 Å². The normalized spacial score (nSPS) is 20.1. The molecule has 108 valence electrons. The molecule has 20 heavy (non-hydrogen) atoms. The van der Waals surface area contributed by atoms with E-state index in [1.807, 2.05) is 0 Å². The molecule has 1 aliphatic carbocycles. The Morgan fingerprint density at radius 1 is 1.55 bits per heavy atom. The van der Waals surface area contributed by atoms with Crippen LogP contribution in [0.1, 0.15) is 43.2 Å². The lowest BCUT2D eigenvalue weighted by atomic mass is 9.94. The Hall–Kier alpha value is -1.23. The molecular weight excluding hydrogens is 327 g/mol. The SMILES string of the molecule is CC(C(=O)O)c1c(F)cc(CC2CCCC2=O)cc1Br. The predicted octanol–water partition coefficient (Wildman–Crippen LogP) is 3.69. The van der Waals surface area contributed by atoms with E-state index in [1.165, 1.54) is 13.0 Å². The number of ketones is 1. The maximum atomic E-state index is 14.1. The summed E-state index contributed by atoms with van der Waals surface area (Å²) in [4.78, 5) is 22.6. The zero-order chi connectivity index (χ0) is 14.9. The van der Waals surface area contributed by atoms with Crippen molar-refractivity contribution in [2.75, 3.05) is 0 Å². The molecule has 0 aromatic heterocycles. The molecule has 3 nitrogen and oxygen atoms in total. The standard InChI is InChI=1S/C15H16BrFO3/c1-8(15(19)20)14-11(16)6-9(7-12(14)17)5-10-3-2-4-13(10)18/h6-8,10H,2-5H2,1H3,(H,19,20). The molecule has 0 amide bonds. The monoisotopic (exact) mass is 342 g/mol. The highest BCUT2D eigenvalue weighted by molar-refractivity contribution is 9.10. The Morgan fingerprint density at radius 2 is 2.25 bits per heavy atom. The molecule has 0 bridgehead atoms. The number of carboxylic acids is 1. The predicted molar refractivity (Wildman–Crippen MR) is 76.2 cm³/mol. The number of benzene rings is 1. The van der Waals surface area contributed by atoms with Gasteiger partial charge in [0.25, 0.3) is 0 Å². The number of halogens is 2. The number of rotatable bonds is 4. The van der Waals surface area contributed by atoms with E-state index in [0.717, 1.165) is 18.4 Å². The summed E-state index contributed by atoms with van der Waals surface area (Å²) in [6.45, 7) is 1.45. The van der Waals surface area contributed by atoms with Gasteiger partial charge in [-0.2, -0.15) is 0 Å². The number of carboxylic acid groups (broad SMARTS) is 1. The zero-order valence-electron chi connectivity index (χ0n) is 11.2. The van der Waals surface area contributed by atoms with Crippen molar-refractivity contribution < 1.29 is 19.1 Å². The summed E-state index contributed by atoms with van der Waals surface area (Å²) in [5, 5.41) is 8.99. The molecule has 2 unspecified atom stereocenters. The molecule has 1 N–H and O–H groups in total. The Kier molecular flexibility index (Phi) is 4.58. The van der Waals surface area contributed by atoms with Gasteiger partial charge in [0.15, 0.2) is 0 Å². The van der Waals surface area contributed by atoms with E-state index >= 15 is 0 Å². The van der Waals surface area contributed by atoms with Crippen molar-refractivity contribution in [2.24, 2.45) is 5.92 Å². The highest BCUT2D eigenvalue weighted by Crippen LogP contribution is 2.32. The van der Waals surface area contributed by atoms with Crippen LogP contribution in [0.3, 0.4) is 0 Å². The van der Waals surface area contributed by atoms with Crippen molar-refractivity contribution in [1.29, 1.82) is 0 Å². The van der Waals surface area contributed by atoms with Crippen molar-refractivity contribution in [3.8, 4) is 0 Å². The fourth-order valence-corrected chi connectivity index (χ4v) is 3.51. The lowest BCUT2D eigenvalue weighted by Gasteiger charge is -2.14. The maximum Gasteiger partial charge on any atom is 0.310 e. The summed E-state index contributed by atoms with van der Waals surface area (Å²) in [7, 11) is 0. The van der Waals surface area contributed by atoms with Crippen LogP contribution >= 0.6 is 15.9 Å². The molecule has 0 heterocycles. The van der Waals surface area contributed by atoms with Gasteiger partial charge >= 0.3 is 5.97 Å². The third-order valence-electron chi connectivity index (χ3n) is 3.86. The van der Waals surface area contributed by atoms with Crippen LogP contribution in [0.5, 0.6) is 0 Å². The molecule has 1 fully saturated rings. The van der Waals surface area contributed by atoms with E-state index in [2.05, 4.69) is 15.9 Å². The van der Waals surface area contributed by atoms with Gasteiger partial charge in [0.1, 0.15) is 11.6 Å². The fourth-order valence-electron chi connectivity index (χ4n) is 2.68. The number of carbonyl (C=O) groups excluding carboxylic acids is 1. The van der Waals surface area contributed by atoms with Crippen molar-refractivity contribution in [3.05, 3.63) is 33.5 Å². The van der Waals surface area contributed by atoms with E-state index < -0.39 is 17.7 Å². The molecule has 0 spiro atoms. The van der Waals surface area contributed by atoms with Gasteiger partial charge in [0.05, 0.1) is 5.92 Å². The Morgan fingerprint density at radius 3 is 2.75 bits per heavy atom. The lowest BCUT2D eigenvalue weighted by molar-refractivity contribution is -0.138. The van der Waals surface area contributed by atoms with Gasteiger partial charge in [-0.1, -0.05) is 15.9 Å². The highest BCUT2D eigenvalue weighted by Gasteiger charge is 2.26. The fraction of sp³-hybridized carbons (Fsp3) is 0.467. The first-order chi connectivity index (χ1) is 9.40. The molecule has 2 atom stereocenters. The first kappa shape index (κ1) is 15.2. The average Bonchev–Trinajstić information content (AvgIpc) is 2.74. The third kappa shape index (κ3) is 3.08. The van der Waals surface area contributed by atoms with E-state index in [4.69, 9.17) is 5.11 Å². The van der Waals surface area contributed by atoms with Gasteiger partial charge in [-0.05, 0) is 43.9 Å². The maximum absolute atomic E-state index is 14.1. The van der Waals surface area contributed by atoms with Crippen molar-refractivity contribution in [1.82, 2.24) is 0 Å². The van der Waals surface area contributed by atoms with E-state index in [1.54, 1.807) is 6.07 Å². The van der Waals surface area contributed by atoms with Gasteiger partial charge in [-0.3, -0.25) is 9.59 Å². The molecule has 1 saturated carbocycles. The summed E-state index contributed by atoms with van der Waals surface area (Å²) in [5.41, 5.74) is 0.884. The minimum Gasteiger partial charge on any atom is -0.481 e. The summed E-state index contributed by atoms with van der Waals surface area (Å²) >= 11 is 3.24. The number of aliphatic carboxylic acids is 1. The van der Waals surface area contributed by atoms with Crippen LogP contribution in [-0.4, -0.2) is 16.9 Å². The van der Waals surface area contributed by atoms with Crippen LogP contribution in [0.25, 0.3) is 0 Å². The number of hydrogen-bond donors (Lipinski definition) is 1. The van der Waals surface area contributed by atoms with Gasteiger partial charge in [-0.15, -0.1) is 0 Å². The van der Waals surface area contributed by atoms with Gasteiger partial charge in [-0.25, -0.2) is 4.39 Å². The number of carbonyl (C=O) groups is 2. The lowest BCUT2D eigenvalue weighted by Crippen LogP contribution is -2.13. The van der Waals surface area contributed by atoms with E-state index in [0.29, 0.717) is 17.3 Å². The van der Waals surface area contributed by atoms with E-state index in [9.17, 15) is 14.0 Å². The first-order valence-corrected chi connectivity index (χ1v) is 7.42. The summed E-state index contributed by atoms with van der Waals surface area (Å²) in [6, 6.07) is 3.08. The molecule has 1 aliphatic rings. The van der Waals surface area contributed by atoms with Crippen molar-refractivity contribution in [2.45, 2.75) is 38.5 Å². The number of Topliss-reactive ketones (excluding diaryl/α,β-unsaturated/α-hetero) is 1. The molecule has 2 rings (SSSR count). The zero-order valence-corrected chi connectivity index (χ0v) is 12.7. The minimum atomic E-state index is -1.07. The summed E-state index contributed by atoms with van der Waals surface area (Å²) in [5.74, 6) is -2.29. The Balaban J connectivity index is 2.26. The second-order valence-electron chi connectivity index (χ2n) is 5.29. The molecule has 1 aromatic carbocycles. The summed E-state index contributed by atoms with van der Waals surface area (Å²) in [6.07, 6.45) is 2.89. The van der Waals surface area contributed by atoms with Crippen LogP contribution in [0, 0.1) is 11.7 Å². The van der Waals surface area contributed by atoms with Crippen LogP contribution < -0.4 is 0 Å². The van der Waals surface area contributed by atoms with Crippen LogP contribution in [0.15, 0.2) is 16.6 Å². The largest absolute Gasteiger partial charge is 0.481 e. The molecule has 0 aliphatic heterocycles. The van der Waals surface area contributed by atoms with Gasteiger partial charge in [0.2, 0.25) is 0 Å². The highest BCUT2D eigenvalue weighted by atomic mass is 79.9. The quantitative estimate of drug-likeness (QED) is 0.907. The van der Waals surface area contributed by atoms with Crippen LogP contribution in [0.4, 0.5) is 4.39 Å². The third-order valence-corrected chi connectivity index (χ3v) is 4.51. The second-order valence-corrected chi connectivity index (χ2v) is 6.15. The smallest absolute Gasteiger partial charge is 0.310 e. The van der Waals surface area contributed by atoms with Crippen LogP contribution in [-0.2, 0) is 16.0 Å². The molecular formula is C15H16BrFO3. The topological polar surface area (TPSA) is 54.4 Å². The number of hydrogen-bond acceptors (Lipinski definition) is 2. The van der Waals surface area contributed by atoms with E-state index in [-0.39, 0.29) is 17.3 Å². The molecule has 5 heteroatoms. The molecule has 1 aromatic rings. The second kappa shape index (κ2) is 6.04. The average molecular weight is 343 g/mol. The first-order valence-electron chi connectivity index (χ1n) is 6.63.